The van der Waals surface area contributed by atoms with E-state index in [0.717, 1.165) is 22.9 Å². The molecule has 0 saturated heterocycles. The van der Waals surface area contributed by atoms with Crippen LogP contribution >= 0.6 is 11.8 Å². The Morgan fingerprint density at radius 1 is 1.35 bits per heavy atom. The van der Waals surface area contributed by atoms with Crippen molar-refractivity contribution in [1.29, 1.82) is 0 Å². The zero-order valence-corrected chi connectivity index (χ0v) is 14.9. The van der Waals surface area contributed by atoms with Crippen LogP contribution in [0.5, 0.6) is 0 Å². The number of nitrogens with one attached hydrogen (secondary N) is 1. The van der Waals surface area contributed by atoms with E-state index in [1.165, 1.54) is 50.3 Å². The molecule has 4 bridgehead atoms. The highest BCUT2D eigenvalue weighted by Gasteiger charge is 2.53. The van der Waals surface area contributed by atoms with Crippen LogP contribution in [0.4, 0.5) is 0 Å². The molecule has 5 rings (SSSR count). The lowest BCUT2D eigenvalue weighted by Gasteiger charge is -2.59. The molecule has 0 spiro atoms. The summed E-state index contributed by atoms with van der Waals surface area (Å²) < 4.78 is 1.96. The number of rotatable bonds is 5. The van der Waals surface area contributed by atoms with E-state index in [-0.39, 0.29) is 5.91 Å². The number of nitrogens with zero attached hydrogens (tertiary/aromatic N) is 2. The second kappa shape index (κ2) is 5.83. The van der Waals surface area contributed by atoms with Crippen LogP contribution in [0.3, 0.4) is 0 Å². The van der Waals surface area contributed by atoms with E-state index in [2.05, 4.69) is 17.2 Å². The highest BCUT2D eigenvalue weighted by atomic mass is 32.2. The third-order valence-corrected chi connectivity index (χ3v) is 7.55. The van der Waals surface area contributed by atoms with E-state index < -0.39 is 0 Å². The van der Waals surface area contributed by atoms with Crippen LogP contribution in [0.2, 0.25) is 0 Å². The van der Waals surface area contributed by atoms with Crippen molar-refractivity contribution < 1.29 is 4.79 Å². The Balaban J connectivity index is 1.35. The zero-order chi connectivity index (χ0) is 16.0. The van der Waals surface area contributed by atoms with E-state index in [1.54, 1.807) is 6.20 Å². The van der Waals surface area contributed by atoms with Crippen molar-refractivity contribution in [2.24, 2.45) is 30.2 Å². The van der Waals surface area contributed by atoms with Gasteiger partial charge in [-0.3, -0.25) is 4.79 Å². The summed E-state index contributed by atoms with van der Waals surface area (Å²) in [6.07, 6.45) is 12.1. The molecular weight excluding hydrogens is 306 g/mol. The Hall–Kier alpha value is -0.970. The van der Waals surface area contributed by atoms with Crippen LogP contribution in [-0.2, 0) is 11.8 Å². The van der Waals surface area contributed by atoms with E-state index in [0.29, 0.717) is 17.2 Å². The van der Waals surface area contributed by atoms with Gasteiger partial charge in [-0.2, -0.15) is 0 Å². The molecule has 1 N–H and O–H groups in total. The van der Waals surface area contributed by atoms with Crippen molar-refractivity contribution in [2.45, 2.75) is 56.6 Å². The Kier molecular flexibility index (Phi) is 3.94. The van der Waals surface area contributed by atoms with Gasteiger partial charge in [0.25, 0.3) is 0 Å². The predicted octanol–water partition coefficient (Wildman–Crippen LogP) is 3.23. The number of carbonyl (C=O) groups excluding carboxylic acids is 1. The van der Waals surface area contributed by atoms with Crippen LogP contribution in [0.25, 0.3) is 0 Å². The summed E-state index contributed by atoms with van der Waals surface area (Å²) in [5.41, 5.74) is 0.387. The molecule has 1 aromatic heterocycles. The maximum absolute atomic E-state index is 12.4. The second-order valence-electron chi connectivity index (χ2n) is 8.18. The van der Waals surface area contributed by atoms with Gasteiger partial charge in [-0.15, -0.1) is 0 Å². The summed E-state index contributed by atoms with van der Waals surface area (Å²) in [7, 11) is 1.96. The van der Waals surface area contributed by atoms with E-state index in [4.69, 9.17) is 0 Å². The van der Waals surface area contributed by atoms with E-state index in [9.17, 15) is 4.79 Å². The van der Waals surface area contributed by atoms with Gasteiger partial charge in [0.1, 0.15) is 0 Å². The van der Waals surface area contributed by atoms with Gasteiger partial charge in [-0.25, -0.2) is 4.98 Å². The summed E-state index contributed by atoms with van der Waals surface area (Å²) in [5.74, 6) is 3.41. The average Bonchev–Trinajstić information content (AvgIpc) is 2.89. The maximum Gasteiger partial charge on any atom is 0.230 e. The SMILES string of the molecule is CC(NC(=O)CSc1nccn1C)C12CC3CC(CC(C3)C1)C2. The van der Waals surface area contributed by atoms with Crippen molar-refractivity contribution in [2.75, 3.05) is 5.75 Å². The number of aryl methyl sites for hydroxylation is 1. The van der Waals surface area contributed by atoms with Crippen molar-refractivity contribution in [3.8, 4) is 0 Å². The van der Waals surface area contributed by atoms with Crippen molar-refractivity contribution in [3.63, 3.8) is 0 Å². The Bertz CT molecular complexity index is 562. The molecular formula is C18H27N3OS. The monoisotopic (exact) mass is 333 g/mol. The number of imidazole rings is 1. The summed E-state index contributed by atoms with van der Waals surface area (Å²) in [6, 6.07) is 0.311. The quantitative estimate of drug-likeness (QED) is 0.842. The number of carbonyl (C=O) groups is 1. The molecule has 5 heteroatoms. The van der Waals surface area contributed by atoms with Gasteiger partial charge in [0.15, 0.2) is 5.16 Å². The van der Waals surface area contributed by atoms with Gasteiger partial charge in [0, 0.05) is 25.5 Å². The third-order valence-electron chi connectivity index (χ3n) is 6.49. The van der Waals surface area contributed by atoms with Gasteiger partial charge in [-0.1, -0.05) is 11.8 Å². The topological polar surface area (TPSA) is 46.9 Å². The van der Waals surface area contributed by atoms with Gasteiger partial charge in [-0.05, 0) is 68.6 Å². The lowest BCUT2D eigenvalue weighted by molar-refractivity contribution is -0.123. The molecule has 0 aromatic carbocycles. The summed E-state index contributed by atoms with van der Waals surface area (Å²) in [4.78, 5) is 16.7. The van der Waals surface area contributed by atoms with Crippen LogP contribution in [0.1, 0.15) is 45.4 Å². The van der Waals surface area contributed by atoms with Crippen molar-refractivity contribution in [3.05, 3.63) is 12.4 Å². The van der Waals surface area contributed by atoms with Crippen molar-refractivity contribution >= 4 is 17.7 Å². The highest BCUT2D eigenvalue weighted by Crippen LogP contribution is 2.61. The lowest BCUT2D eigenvalue weighted by atomic mass is 9.48. The molecule has 23 heavy (non-hydrogen) atoms. The second-order valence-corrected chi connectivity index (χ2v) is 9.12. The van der Waals surface area contributed by atoms with Gasteiger partial charge in [0.2, 0.25) is 5.91 Å². The molecule has 4 nitrogen and oxygen atoms in total. The lowest BCUT2D eigenvalue weighted by Crippen LogP contribution is -2.56. The van der Waals surface area contributed by atoms with Crippen molar-refractivity contribution in [1.82, 2.24) is 14.9 Å². The van der Waals surface area contributed by atoms with Crippen LogP contribution in [0, 0.1) is 23.2 Å². The minimum absolute atomic E-state index is 0.154. The molecule has 1 atom stereocenters. The smallest absolute Gasteiger partial charge is 0.230 e. The Morgan fingerprint density at radius 2 is 1.96 bits per heavy atom. The summed E-state index contributed by atoms with van der Waals surface area (Å²) in [5, 5.41) is 4.23. The third kappa shape index (κ3) is 2.92. The summed E-state index contributed by atoms with van der Waals surface area (Å²) >= 11 is 1.52. The normalized spacial score (nSPS) is 36.2. The fourth-order valence-electron chi connectivity index (χ4n) is 5.77. The first kappa shape index (κ1) is 15.6. The van der Waals surface area contributed by atoms with E-state index >= 15 is 0 Å². The first-order valence-electron chi connectivity index (χ1n) is 8.93. The molecule has 4 fully saturated rings. The predicted molar refractivity (Wildman–Crippen MR) is 92.1 cm³/mol. The number of hydrogen-bond donors (Lipinski definition) is 1. The molecule has 0 radical (unpaired) electrons. The maximum atomic E-state index is 12.4. The van der Waals surface area contributed by atoms with Crippen LogP contribution < -0.4 is 5.32 Å². The zero-order valence-electron chi connectivity index (χ0n) is 14.1. The summed E-state index contributed by atoms with van der Waals surface area (Å²) in [6.45, 7) is 2.25. The number of aromatic nitrogens is 2. The van der Waals surface area contributed by atoms with Gasteiger partial charge >= 0.3 is 0 Å². The molecule has 4 aliphatic carbocycles. The van der Waals surface area contributed by atoms with Gasteiger partial charge < -0.3 is 9.88 Å². The highest BCUT2D eigenvalue weighted by molar-refractivity contribution is 7.99. The molecule has 1 aromatic rings. The number of hydrogen-bond acceptors (Lipinski definition) is 3. The van der Waals surface area contributed by atoms with Crippen LogP contribution in [0.15, 0.2) is 17.6 Å². The minimum atomic E-state index is 0.154. The van der Waals surface area contributed by atoms with Crippen LogP contribution in [-0.4, -0.2) is 27.3 Å². The molecule has 1 heterocycles. The average molecular weight is 334 g/mol. The Labute approximate surface area is 142 Å². The fourth-order valence-corrected chi connectivity index (χ4v) is 6.51. The first-order chi connectivity index (χ1) is 11.0. The standard InChI is InChI=1S/C18H27N3OS/c1-12(20-16(22)11-23-17-19-3-4-21(17)2)18-8-13-5-14(9-18)7-15(6-13)10-18/h3-4,12-15H,5-11H2,1-2H3,(H,20,22). The number of amides is 1. The molecule has 4 aliphatic rings. The molecule has 0 aliphatic heterocycles. The van der Waals surface area contributed by atoms with Gasteiger partial charge in [0.05, 0.1) is 5.75 Å². The molecule has 1 unspecified atom stereocenters. The molecule has 126 valence electrons. The molecule has 4 saturated carbocycles. The van der Waals surface area contributed by atoms with E-state index in [1.807, 2.05) is 17.8 Å². The molecule has 1 amide bonds. The minimum Gasteiger partial charge on any atom is -0.352 e. The first-order valence-corrected chi connectivity index (χ1v) is 9.92. The fraction of sp³-hybridized carbons (Fsp3) is 0.778. The largest absolute Gasteiger partial charge is 0.352 e. The number of thioether (sulfide) groups is 1. The Morgan fingerprint density at radius 3 is 2.48 bits per heavy atom.